The van der Waals surface area contributed by atoms with Crippen molar-refractivity contribution in [3.63, 3.8) is 0 Å². The fourth-order valence-electron chi connectivity index (χ4n) is 2.17. The molecule has 1 heterocycles. The van der Waals surface area contributed by atoms with Gasteiger partial charge < -0.3 is 0 Å². The molecule has 0 aliphatic carbocycles. The van der Waals surface area contributed by atoms with Gasteiger partial charge in [0.05, 0.1) is 0 Å². The summed E-state index contributed by atoms with van der Waals surface area (Å²) in [4.78, 5) is 4.08. The van der Waals surface area contributed by atoms with Crippen LogP contribution in [0.2, 0.25) is 0 Å². The highest BCUT2D eigenvalue weighted by atomic mass is 14.6. The van der Waals surface area contributed by atoms with Crippen LogP contribution < -0.4 is 0 Å². The van der Waals surface area contributed by atoms with Crippen LogP contribution in [0.3, 0.4) is 0 Å². The van der Waals surface area contributed by atoms with Crippen molar-refractivity contribution in [1.82, 2.24) is 4.98 Å². The van der Waals surface area contributed by atoms with Crippen LogP contribution in [-0.4, -0.2) is 4.98 Å². The standard InChI is InChI=1S/C15H17N/c1-10-9-11(2)13(4)15(12(10)3)14-5-7-16-8-6-14/h5-9H,1-4H3. The first-order valence-electron chi connectivity index (χ1n) is 5.59. The molecule has 1 heteroatoms. The Balaban J connectivity index is 2.74. The average molecular weight is 211 g/mol. The quantitative estimate of drug-likeness (QED) is 0.695. The van der Waals surface area contributed by atoms with Gasteiger partial charge in [0.1, 0.15) is 0 Å². The van der Waals surface area contributed by atoms with E-state index in [9.17, 15) is 0 Å². The first-order chi connectivity index (χ1) is 7.61. The Morgan fingerprint density at radius 1 is 0.812 bits per heavy atom. The summed E-state index contributed by atoms with van der Waals surface area (Å²) in [6.45, 7) is 8.73. The van der Waals surface area contributed by atoms with Crippen LogP contribution in [0.25, 0.3) is 11.1 Å². The van der Waals surface area contributed by atoms with Crippen molar-refractivity contribution in [2.45, 2.75) is 27.7 Å². The van der Waals surface area contributed by atoms with Crippen molar-refractivity contribution < 1.29 is 0 Å². The van der Waals surface area contributed by atoms with E-state index in [0.717, 1.165) is 0 Å². The van der Waals surface area contributed by atoms with E-state index in [0.29, 0.717) is 0 Å². The van der Waals surface area contributed by atoms with Gasteiger partial charge in [0.25, 0.3) is 0 Å². The van der Waals surface area contributed by atoms with Gasteiger partial charge in [-0.3, -0.25) is 4.98 Å². The van der Waals surface area contributed by atoms with Crippen LogP contribution in [0.4, 0.5) is 0 Å². The second kappa shape index (κ2) is 4.09. The third-order valence-electron chi connectivity index (χ3n) is 3.34. The normalized spacial score (nSPS) is 10.5. The predicted molar refractivity (Wildman–Crippen MR) is 68.6 cm³/mol. The van der Waals surface area contributed by atoms with Crippen molar-refractivity contribution in [1.29, 1.82) is 0 Å². The monoisotopic (exact) mass is 211 g/mol. The number of hydrogen-bond acceptors (Lipinski definition) is 1. The minimum Gasteiger partial charge on any atom is -0.265 e. The lowest BCUT2D eigenvalue weighted by Gasteiger charge is -2.15. The Bertz CT molecular complexity index is 486. The van der Waals surface area contributed by atoms with Crippen molar-refractivity contribution in [2.24, 2.45) is 0 Å². The molecule has 1 nitrogen and oxygen atoms in total. The third-order valence-corrected chi connectivity index (χ3v) is 3.34. The molecule has 16 heavy (non-hydrogen) atoms. The lowest BCUT2D eigenvalue weighted by Crippen LogP contribution is -1.95. The van der Waals surface area contributed by atoms with Gasteiger partial charge in [0.15, 0.2) is 0 Å². The van der Waals surface area contributed by atoms with E-state index >= 15 is 0 Å². The van der Waals surface area contributed by atoms with E-state index in [1.54, 1.807) is 0 Å². The highest BCUT2D eigenvalue weighted by molar-refractivity contribution is 5.72. The van der Waals surface area contributed by atoms with Gasteiger partial charge in [-0.2, -0.15) is 0 Å². The summed E-state index contributed by atoms with van der Waals surface area (Å²) in [5.74, 6) is 0. The van der Waals surface area contributed by atoms with Gasteiger partial charge >= 0.3 is 0 Å². The molecule has 0 saturated heterocycles. The summed E-state index contributed by atoms with van der Waals surface area (Å²) in [6, 6.07) is 6.41. The topological polar surface area (TPSA) is 12.9 Å². The molecule has 2 rings (SSSR count). The molecular weight excluding hydrogens is 194 g/mol. The van der Waals surface area contributed by atoms with Crippen molar-refractivity contribution in [3.8, 4) is 11.1 Å². The third kappa shape index (κ3) is 1.73. The van der Waals surface area contributed by atoms with Crippen LogP contribution in [-0.2, 0) is 0 Å². The highest BCUT2D eigenvalue weighted by Crippen LogP contribution is 2.30. The van der Waals surface area contributed by atoms with Crippen LogP contribution in [0.15, 0.2) is 30.6 Å². The average Bonchev–Trinajstić information content (AvgIpc) is 2.28. The number of benzene rings is 1. The fourth-order valence-corrected chi connectivity index (χ4v) is 2.17. The lowest BCUT2D eigenvalue weighted by atomic mass is 9.90. The molecule has 0 bridgehead atoms. The maximum Gasteiger partial charge on any atom is 0.0273 e. The Morgan fingerprint density at radius 3 is 1.81 bits per heavy atom. The number of nitrogens with zero attached hydrogens (tertiary/aromatic N) is 1. The molecule has 0 unspecified atom stereocenters. The summed E-state index contributed by atoms with van der Waals surface area (Å²) >= 11 is 0. The number of hydrogen-bond donors (Lipinski definition) is 0. The second-order valence-electron chi connectivity index (χ2n) is 4.37. The number of aromatic nitrogens is 1. The Labute approximate surface area is 97.2 Å². The molecule has 1 aromatic heterocycles. The van der Waals surface area contributed by atoms with E-state index in [4.69, 9.17) is 0 Å². The summed E-state index contributed by atoms with van der Waals surface area (Å²) in [7, 11) is 0. The molecular formula is C15H17N. The number of aryl methyl sites for hydroxylation is 2. The molecule has 2 aromatic rings. The first kappa shape index (κ1) is 10.9. The molecule has 0 radical (unpaired) electrons. The number of rotatable bonds is 1. The predicted octanol–water partition coefficient (Wildman–Crippen LogP) is 3.98. The van der Waals surface area contributed by atoms with Crippen LogP contribution in [0.1, 0.15) is 22.3 Å². The SMILES string of the molecule is Cc1cc(C)c(C)c(-c2ccncc2)c1C. The van der Waals surface area contributed by atoms with Crippen molar-refractivity contribution >= 4 is 0 Å². The molecule has 0 aliphatic heterocycles. The van der Waals surface area contributed by atoms with Crippen LogP contribution in [0, 0.1) is 27.7 Å². The summed E-state index contributed by atoms with van der Waals surface area (Å²) in [6.07, 6.45) is 3.71. The van der Waals surface area contributed by atoms with Crippen LogP contribution >= 0.6 is 0 Å². The molecule has 0 amide bonds. The first-order valence-corrected chi connectivity index (χ1v) is 5.59. The maximum absolute atomic E-state index is 4.08. The van der Waals surface area contributed by atoms with E-state index < -0.39 is 0 Å². The minimum atomic E-state index is 1.26. The van der Waals surface area contributed by atoms with Gasteiger partial charge in [-0.15, -0.1) is 0 Å². The molecule has 1 aromatic carbocycles. The lowest BCUT2D eigenvalue weighted by molar-refractivity contribution is 1.24. The molecule has 0 saturated carbocycles. The Hall–Kier alpha value is -1.63. The van der Waals surface area contributed by atoms with E-state index in [1.807, 2.05) is 12.4 Å². The van der Waals surface area contributed by atoms with E-state index in [1.165, 1.54) is 33.4 Å². The van der Waals surface area contributed by atoms with Gasteiger partial charge in [0, 0.05) is 12.4 Å². The van der Waals surface area contributed by atoms with Gasteiger partial charge in [-0.25, -0.2) is 0 Å². The molecule has 0 atom stereocenters. The van der Waals surface area contributed by atoms with E-state index in [2.05, 4.69) is 50.9 Å². The summed E-state index contributed by atoms with van der Waals surface area (Å²) < 4.78 is 0. The largest absolute Gasteiger partial charge is 0.265 e. The maximum atomic E-state index is 4.08. The van der Waals surface area contributed by atoms with Gasteiger partial charge in [-0.1, -0.05) is 6.07 Å². The van der Waals surface area contributed by atoms with Crippen molar-refractivity contribution in [3.05, 3.63) is 52.8 Å². The molecule has 82 valence electrons. The van der Waals surface area contributed by atoms with Crippen molar-refractivity contribution in [2.75, 3.05) is 0 Å². The highest BCUT2D eigenvalue weighted by Gasteiger charge is 2.09. The zero-order chi connectivity index (χ0) is 11.7. The van der Waals surface area contributed by atoms with Crippen LogP contribution in [0.5, 0.6) is 0 Å². The smallest absolute Gasteiger partial charge is 0.0273 e. The zero-order valence-corrected chi connectivity index (χ0v) is 10.3. The zero-order valence-electron chi connectivity index (χ0n) is 10.3. The molecule has 0 fully saturated rings. The summed E-state index contributed by atoms with van der Waals surface area (Å²) in [5, 5.41) is 0. The fraction of sp³-hybridized carbons (Fsp3) is 0.267. The van der Waals surface area contributed by atoms with Gasteiger partial charge in [0.2, 0.25) is 0 Å². The Kier molecular flexibility index (Phi) is 2.78. The van der Waals surface area contributed by atoms with E-state index in [-0.39, 0.29) is 0 Å². The molecule has 0 spiro atoms. The molecule has 0 aliphatic rings. The Morgan fingerprint density at radius 2 is 1.31 bits per heavy atom. The second-order valence-corrected chi connectivity index (χ2v) is 4.37. The van der Waals surface area contributed by atoms with Gasteiger partial charge in [-0.05, 0) is 73.2 Å². The number of pyridine rings is 1. The minimum absolute atomic E-state index is 1.26. The summed E-state index contributed by atoms with van der Waals surface area (Å²) in [5.41, 5.74) is 8.07. The molecule has 0 N–H and O–H groups in total.